The minimum absolute atomic E-state index is 0.436. The Labute approximate surface area is 155 Å². The number of amides is 3. The van der Waals surface area contributed by atoms with Crippen molar-refractivity contribution < 1.29 is 14.3 Å². The van der Waals surface area contributed by atoms with Crippen LogP contribution in [0.2, 0.25) is 0 Å². The minimum Gasteiger partial charge on any atom is -0.497 e. The topological polar surface area (TPSA) is 86.8 Å². The Kier molecular flexibility index (Phi) is 3.92. The Balaban J connectivity index is 1.62. The first-order chi connectivity index (χ1) is 13.0. The number of aromatic amines is 1. The van der Waals surface area contributed by atoms with Crippen molar-refractivity contribution in [1.82, 2.24) is 15.3 Å². The number of nitrogens with one attached hydrogen (secondary N) is 2. The molecular formula is C20H18N4O3. The number of hydrogen-bond acceptors (Lipinski definition) is 4. The van der Waals surface area contributed by atoms with E-state index >= 15 is 0 Å². The molecule has 1 aromatic heterocycles. The first-order valence-corrected chi connectivity index (χ1v) is 8.44. The van der Waals surface area contributed by atoms with Crippen LogP contribution in [0, 0.1) is 0 Å². The summed E-state index contributed by atoms with van der Waals surface area (Å²) in [7, 11) is 1.57. The molecule has 2 heterocycles. The summed E-state index contributed by atoms with van der Waals surface area (Å²) in [6.07, 6.45) is 3.30. The van der Waals surface area contributed by atoms with Gasteiger partial charge in [0.25, 0.3) is 5.91 Å². The van der Waals surface area contributed by atoms with Gasteiger partial charge in [-0.25, -0.2) is 4.79 Å². The molecule has 0 aliphatic carbocycles. The van der Waals surface area contributed by atoms with Gasteiger partial charge in [-0.15, -0.1) is 5.01 Å². The van der Waals surface area contributed by atoms with Crippen molar-refractivity contribution in [2.75, 3.05) is 7.11 Å². The molecule has 3 amide bonds. The second-order valence-corrected chi connectivity index (χ2v) is 6.43. The van der Waals surface area contributed by atoms with Crippen LogP contribution in [0.1, 0.15) is 18.1 Å². The zero-order valence-electron chi connectivity index (χ0n) is 14.9. The number of aromatic nitrogens is 1. The summed E-state index contributed by atoms with van der Waals surface area (Å²) in [6, 6.07) is 14.2. The van der Waals surface area contributed by atoms with Crippen LogP contribution in [0.25, 0.3) is 10.9 Å². The number of rotatable bonds is 4. The molecule has 136 valence electrons. The highest BCUT2D eigenvalue weighted by Gasteiger charge is 2.49. The van der Waals surface area contributed by atoms with E-state index in [0.717, 1.165) is 21.5 Å². The summed E-state index contributed by atoms with van der Waals surface area (Å²) in [5.74, 6) is 0.238. The maximum Gasteiger partial charge on any atom is 0.346 e. The van der Waals surface area contributed by atoms with Crippen molar-refractivity contribution in [1.29, 1.82) is 0 Å². The Morgan fingerprint density at radius 2 is 1.85 bits per heavy atom. The SMILES string of the molecule is COc1ccc([C@]2(C)NC(=O)N(/N=C/c3c[nH]c4ccccc34)C2=O)cc1. The molecule has 0 radical (unpaired) electrons. The molecule has 2 N–H and O–H groups in total. The Morgan fingerprint density at radius 1 is 1.11 bits per heavy atom. The van der Waals surface area contributed by atoms with Crippen molar-refractivity contribution in [2.24, 2.45) is 5.10 Å². The maximum absolute atomic E-state index is 12.9. The van der Waals surface area contributed by atoms with Gasteiger partial charge >= 0.3 is 6.03 Å². The summed E-state index contributed by atoms with van der Waals surface area (Å²) in [5, 5.41) is 8.69. The lowest BCUT2D eigenvalue weighted by Crippen LogP contribution is -2.40. The Hall–Kier alpha value is -3.61. The van der Waals surface area contributed by atoms with Crippen LogP contribution in [-0.4, -0.2) is 35.3 Å². The third kappa shape index (κ3) is 2.73. The largest absolute Gasteiger partial charge is 0.497 e. The van der Waals surface area contributed by atoms with Crippen LogP contribution in [0.5, 0.6) is 5.75 Å². The molecule has 4 rings (SSSR count). The minimum atomic E-state index is -1.18. The van der Waals surface area contributed by atoms with E-state index < -0.39 is 17.5 Å². The molecule has 2 aromatic carbocycles. The molecule has 1 fully saturated rings. The van der Waals surface area contributed by atoms with Gasteiger partial charge in [0.05, 0.1) is 13.3 Å². The standard InChI is InChI=1S/C20H18N4O3/c1-20(14-7-9-15(27-2)10-8-14)18(25)24(19(26)23-20)22-12-13-11-21-17-6-4-3-5-16(13)17/h3-12,21H,1-2H3,(H,23,26)/b22-12+/t20-/m0/s1. The van der Waals surface area contributed by atoms with E-state index in [2.05, 4.69) is 15.4 Å². The van der Waals surface area contributed by atoms with Crippen molar-refractivity contribution >= 4 is 29.1 Å². The Bertz CT molecular complexity index is 1050. The average molecular weight is 362 g/mol. The highest BCUT2D eigenvalue weighted by atomic mass is 16.5. The number of carbonyl (C=O) groups excluding carboxylic acids is 2. The van der Waals surface area contributed by atoms with Gasteiger partial charge in [0, 0.05) is 22.7 Å². The smallest absolute Gasteiger partial charge is 0.346 e. The van der Waals surface area contributed by atoms with Gasteiger partial charge in [0.2, 0.25) is 0 Å². The lowest BCUT2D eigenvalue weighted by atomic mass is 9.92. The molecule has 1 aliphatic heterocycles. The van der Waals surface area contributed by atoms with E-state index in [-0.39, 0.29) is 0 Å². The van der Waals surface area contributed by atoms with Crippen LogP contribution in [0.15, 0.2) is 59.8 Å². The lowest BCUT2D eigenvalue weighted by molar-refractivity contribution is -0.131. The third-order valence-corrected chi connectivity index (χ3v) is 4.77. The zero-order valence-corrected chi connectivity index (χ0v) is 14.9. The van der Waals surface area contributed by atoms with Crippen molar-refractivity contribution in [3.05, 3.63) is 65.9 Å². The summed E-state index contributed by atoms with van der Waals surface area (Å²) in [5.41, 5.74) is 1.23. The number of hydrogen-bond donors (Lipinski definition) is 2. The van der Waals surface area contributed by atoms with Crippen molar-refractivity contribution in [3.63, 3.8) is 0 Å². The van der Waals surface area contributed by atoms with E-state index in [1.807, 2.05) is 24.3 Å². The molecule has 1 atom stereocenters. The van der Waals surface area contributed by atoms with E-state index in [1.54, 1.807) is 44.5 Å². The highest BCUT2D eigenvalue weighted by molar-refractivity contribution is 6.08. The highest BCUT2D eigenvalue weighted by Crippen LogP contribution is 2.30. The second-order valence-electron chi connectivity index (χ2n) is 6.43. The number of ether oxygens (including phenoxy) is 1. The van der Waals surface area contributed by atoms with Crippen LogP contribution < -0.4 is 10.1 Å². The number of fused-ring (bicyclic) bond motifs is 1. The number of benzene rings is 2. The summed E-state index contributed by atoms with van der Waals surface area (Å²) in [6.45, 7) is 1.66. The van der Waals surface area contributed by atoms with Gasteiger partial charge in [-0.05, 0) is 30.7 Å². The van der Waals surface area contributed by atoms with E-state index in [4.69, 9.17) is 4.74 Å². The van der Waals surface area contributed by atoms with Gasteiger partial charge in [-0.2, -0.15) is 5.10 Å². The first-order valence-electron chi connectivity index (χ1n) is 8.44. The molecule has 0 spiro atoms. The molecule has 27 heavy (non-hydrogen) atoms. The maximum atomic E-state index is 12.9. The number of H-pyrrole nitrogens is 1. The van der Waals surface area contributed by atoms with E-state index in [0.29, 0.717) is 11.3 Å². The molecule has 3 aromatic rings. The van der Waals surface area contributed by atoms with Gasteiger partial charge in [0.1, 0.15) is 11.3 Å². The Morgan fingerprint density at radius 3 is 2.59 bits per heavy atom. The number of carbonyl (C=O) groups is 2. The molecule has 1 aliphatic rings. The fraction of sp³-hybridized carbons (Fsp3) is 0.150. The fourth-order valence-corrected chi connectivity index (χ4v) is 3.17. The lowest BCUT2D eigenvalue weighted by Gasteiger charge is -2.21. The quantitative estimate of drug-likeness (QED) is 0.553. The molecule has 7 nitrogen and oxygen atoms in total. The van der Waals surface area contributed by atoms with Crippen molar-refractivity contribution in [3.8, 4) is 5.75 Å². The number of para-hydroxylation sites is 1. The molecule has 7 heteroatoms. The second kappa shape index (κ2) is 6.28. The summed E-state index contributed by atoms with van der Waals surface area (Å²) < 4.78 is 5.14. The predicted octanol–water partition coefficient (Wildman–Crippen LogP) is 2.98. The van der Waals surface area contributed by atoms with Crippen molar-refractivity contribution in [2.45, 2.75) is 12.5 Å². The average Bonchev–Trinajstić information content (AvgIpc) is 3.20. The van der Waals surface area contributed by atoms with Crippen LogP contribution in [0.3, 0.4) is 0 Å². The fourth-order valence-electron chi connectivity index (χ4n) is 3.17. The third-order valence-electron chi connectivity index (χ3n) is 4.77. The number of imide groups is 1. The van der Waals surface area contributed by atoms with Crippen LogP contribution in [0.4, 0.5) is 4.79 Å². The monoisotopic (exact) mass is 362 g/mol. The first kappa shape index (κ1) is 16.8. The summed E-state index contributed by atoms with van der Waals surface area (Å²) in [4.78, 5) is 28.4. The number of urea groups is 1. The number of nitrogens with zero attached hydrogens (tertiary/aromatic N) is 2. The molecule has 0 unspecified atom stereocenters. The van der Waals surface area contributed by atoms with Gasteiger partial charge in [-0.3, -0.25) is 4.79 Å². The summed E-state index contributed by atoms with van der Waals surface area (Å²) >= 11 is 0. The molecule has 0 bridgehead atoms. The number of hydrazone groups is 1. The van der Waals surface area contributed by atoms with Gasteiger partial charge in [0.15, 0.2) is 0 Å². The van der Waals surface area contributed by atoms with Crippen LogP contribution >= 0.6 is 0 Å². The van der Waals surface area contributed by atoms with E-state index in [1.165, 1.54) is 6.21 Å². The van der Waals surface area contributed by atoms with Gasteiger partial charge < -0.3 is 15.0 Å². The molecule has 1 saturated heterocycles. The van der Waals surface area contributed by atoms with Crippen LogP contribution in [-0.2, 0) is 10.3 Å². The number of methoxy groups -OCH3 is 1. The predicted molar refractivity (Wildman–Crippen MR) is 102 cm³/mol. The normalized spacial score (nSPS) is 19.9. The zero-order chi connectivity index (χ0) is 19.0. The molecule has 0 saturated carbocycles. The van der Waals surface area contributed by atoms with Gasteiger partial charge in [-0.1, -0.05) is 30.3 Å². The van der Waals surface area contributed by atoms with E-state index in [9.17, 15) is 9.59 Å². The molecular weight excluding hydrogens is 344 g/mol.